The minimum atomic E-state index is -3.01. The predicted molar refractivity (Wildman–Crippen MR) is 69.7 cm³/mol. The van der Waals surface area contributed by atoms with Crippen molar-refractivity contribution in [2.75, 3.05) is 12.8 Å². The van der Waals surface area contributed by atoms with Crippen molar-refractivity contribution in [3.05, 3.63) is 21.9 Å². The maximum absolute atomic E-state index is 11.5. The first-order valence-corrected chi connectivity index (χ1v) is 7.89. The van der Waals surface area contributed by atoms with E-state index in [-0.39, 0.29) is 0 Å². The second kappa shape index (κ2) is 4.85. The number of rotatable bonds is 5. The zero-order valence-corrected chi connectivity index (χ0v) is 11.8. The molecule has 0 bridgehead atoms. The molecule has 0 unspecified atom stereocenters. The van der Waals surface area contributed by atoms with Gasteiger partial charge < -0.3 is 5.32 Å². The van der Waals surface area contributed by atoms with Gasteiger partial charge in [-0.1, -0.05) is 0 Å². The highest BCUT2D eigenvalue weighted by Gasteiger charge is 2.29. The summed E-state index contributed by atoms with van der Waals surface area (Å²) >= 11 is 1.73. The number of sulfone groups is 1. The normalized spacial score (nSPS) is 13.0. The second-order valence-electron chi connectivity index (χ2n) is 4.65. The summed E-state index contributed by atoms with van der Waals surface area (Å²) < 4.78 is 22.2. The van der Waals surface area contributed by atoms with Crippen LogP contribution in [0.15, 0.2) is 12.1 Å². The van der Waals surface area contributed by atoms with Gasteiger partial charge in [-0.05, 0) is 32.9 Å². The van der Waals surface area contributed by atoms with Gasteiger partial charge in [0.2, 0.25) is 0 Å². The van der Waals surface area contributed by atoms with Gasteiger partial charge in [0.25, 0.3) is 0 Å². The van der Waals surface area contributed by atoms with Crippen molar-refractivity contribution in [2.45, 2.75) is 32.1 Å². The Bertz CT molecular complexity index is 446. The number of thiophene rings is 1. The lowest BCUT2D eigenvalue weighted by molar-refractivity contribution is 0.522. The maximum atomic E-state index is 11.5. The Kier molecular flexibility index (Phi) is 4.15. The third kappa shape index (κ3) is 3.57. The highest BCUT2D eigenvalue weighted by molar-refractivity contribution is 7.92. The molecule has 1 aromatic rings. The van der Waals surface area contributed by atoms with Crippen molar-refractivity contribution in [1.29, 1.82) is 0 Å². The maximum Gasteiger partial charge on any atom is 0.153 e. The van der Waals surface area contributed by atoms with E-state index in [1.54, 1.807) is 25.2 Å². The lowest BCUT2D eigenvalue weighted by atomic mass is 10.2. The van der Waals surface area contributed by atoms with E-state index in [4.69, 9.17) is 0 Å². The summed E-state index contributed by atoms with van der Waals surface area (Å²) in [4.78, 5) is 2.51. The molecule has 0 aliphatic heterocycles. The van der Waals surface area contributed by atoms with Gasteiger partial charge in [-0.2, -0.15) is 0 Å². The summed E-state index contributed by atoms with van der Waals surface area (Å²) in [5.41, 5.74) is 0. The van der Waals surface area contributed by atoms with Crippen LogP contribution < -0.4 is 5.32 Å². The van der Waals surface area contributed by atoms with Gasteiger partial charge in [-0.3, -0.25) is 0 Å². The van der Waals surface area contributed by atoms with Crippen LogP contribution in [0.1, 0.15) is 23.6 Å². The Morgan fingerprint density at radius 2 is 2.00 bits per heavy atom. The molecule has 1 rings (SSSR count). The molecule has 0 spiro atoms. The molecule has 16 heavy (non-hydrogen) atoms. The van der Waals surface area contributed by atoms with Crippen LogP contribution in [0.5, 0.6) is 0 Å². The molecular formula is C11H19NO2S2. The Hall–Kier alpha value is -0.390. The standard InChI is InChI=1S/C11H19NO2S2/c1-9-5-6-10(15-9)7-12-8-11(2,3)16(4,13)14/h5-6,12H,7-8H2,1-4H3. The zero-order valence-electron chi connectivity index (χ0n) is 10.2. The Balaban J connectivity index is 2.48. The average molecular weight is 261 g/mol. The van der Waals surface area contributed by atoms with Crippen LogP contribution in [0.2, 0.25) is 0 Å². The van der Waals surface area contributed by atoms with E-state index in [2.05, 4.69) is 24.4 Å². The van der Waals surface area contributed by atoms with E-state index in [1.807, 2.05) is 0 Å². The highest BCUT2D eigenvalue weighted by Crippen LogP contribution is 2.16. The number of aryl methyl sites for hydroxylation is 1. The molecule has 0 aliphatic rings. The van der Waals surface area contributed by atoms with Gasteiger partial charge in [-0.15, -0.1) is 11.3 Å². The minimum absolute atomic E-state index is 0.475. The van der Waals surface area contributed by atoms with Crippen LogP contribution >= 0.6 is 11.3 Å². The molecule has 0 amide bonds. The molecule has 3 nitrogen and oxygen atoms in total. The van der Waals surface area contributed by atoms with Crippen molar-refractivity contribution in [3.63, 3.8) is 0 Å². The van der Waals surface area contributed by atoms with Crippen LogP contribution in [-0.4, -0.2) is 26.0 Å². The summed E-state index contributed by atoms with van der Waals surface area (Å²) in [7, 11) is -3.01. The van der Waals surface area contributed by atoms with Gasteiger partial charge in [0, 0.05) is 29.1 Å². The Labute approximate surface area is 102 Å². The van der Waals surface area contributed by atoms with Crippen LogP contribution in [0, 0.1) is 6.92 Å². The third-order valence-corrected chi connectivity index (χ3v) is 5.80. The number of nitrogens with one attached hydrogen (secondary N) is 1. The molecule has 0 atom stereocenters. The van der Waals surface area contributed by atoms with Gasteiger partial charge >= 0.3 is 0 Å². The molecule has 1 heterocycles. The van der Waals surface area contributed by atoms with Gasteiger partial charge in [0.05, 0.1) is 4.75 Å². The van der Waals surface area contributed by atoms with Crippen LogP contribution in [0.3, 0.4) is 0 Å². The second-order valence-corrected chi connectivity index (χ2v) is 8.67. The van der Waals surface area contributed by atoms with E-state index < -0.39 is 14.6 Å². The van der Waals surface area contributed by atoms with E-state index in [9.17, 15) is 8.42 Å². The molecular weight excluding hydrogens is 242 g/mol. The molecule has 1 N–H and O–H groups in total. The molecule has 0 fully saturated rings. The van der Waals surface area contributed by atoms with Crippen molar-refractivity contribution >= 4 is 21.2 Å². The Morgan fingerprint density at radius 1 is 1.38 bits per heavy atom. The fourth-order valence-electron chi connectivity index (χ4n) is 1.20. The van der Waals surface area contributed by atoms with Gasteiger partial charge in [0.15, 0.2) is 9.84 Å². The first kappa shape index (κ1) is 13.7. The summed E-state index contributed by atoms with van der Waals surface area (Å²) in [5, 5.41) is 3.19. The van der Waals surface area contributed by atoms with E-state index in [0.717, 1.165) is 6.54 Å². The molecule has 0 aliphatic carbocycles. The lowest BCUT2D eigenvalue weighted by Crippen LogP contribution is -2.41. The van der Waals surface area contributed by atoms with Crippen LogP contribution in [-0.2, 0) is 16.4 Å². The molecule has 0 saturated heterocycles. The zero-order chi connectivity index (χ0) is 12.4. The SMILES string of the molecule is Cc1ccc(CNCC(C)(C)S(C)(=O)=O)s1. The lowest BCUT2D eigenvalue weighted by Gasteiger charge is -2.22. The summed E-state index contributed by atoms with van der Waals surface area (Å²) in [5.74, 6) is 0. The summed E-state index contributed by atoms with van der Waals surface area (Å²) in [6, 6.07) is 4.14. The number of hydrogen-bond acceptors (Lipinski definition) is 4. The van der Waals surface area contributed by atoms with Crippen molar-refractivity contribution in [3.8, 4) is 0 Å². The van der Waals surface area contributed by atoms with E-state index in [1.165, 1.54) is 16.0 Å². The highest BCUT2D eigenvalue weighted by atomic mass is 32.2. The Morgan fingerprint density at radius 3 is 2.44 bits per heavy atom. The van der Waals surface area contributed by atoms with Crippen LogP contribution in [0.4, 0.5) is 0 Å². The summed E-state index contributed by atoms with van der Waals surface area (Å²) in [6.07, 6.45) is 1.28. The fourth-order valence-corrected chi connectivity index (χ4v) is 2.42. The fraction of sp³-hybridized carbons (Fsp3) is 0.636. The third-order valence-electron chi connectivity index (χ3n) is 2.65. The first-order chi connectivity index (χ1) is 7.22. The largest absolute Gasteiger partial charge is 0.310 e. The monoisotopic (exact) mass is 261 g/mol. The predicted octanol–water partition coefficient (Wildman–Crippen LogP) is 1.97. The molecule has 92 valence electrons. The van der Waals surface area contributed by atoms with Crippen LogP contribution in [0.25, 0.3) is 0 Å². The number of hydrogen-bond donors (Lipinski definition) is 1. The minimum Gasteiger partial charge on any atom is -0.310 e. The van der Waals surface area contributed by atoms with E-state index >= 15 is 0 Å². The van der Waals surface area contributed by atoms with Gasteiger partial charge in [0.1, 0.15) is 0 Å². The van der Waals surface area contributed by atoms with Crippen molar-refractivity contribution < 1.29 is 8.42 Å². The summed E-state index contributed by atoms with van der Waals surface area (Å²) in [6.45, 7) is 6.76. The molecule has 0 radical (unpaired) electrons. The first-order valence-electron chi connectivity index (χ1n) is 5.18. The molecule has 0 saturated carbocycles. The average Bonchev–Trinajstić information content (AvgIpc) is 2.49. The molecule has 1 aromatic heterocycles. The van der Waals surface area contributed by atoms with Crippen molar-refractivity contribution in [2.24, 2.45) is 0 Å². The molecule has 0 aromatic carbocycles. The van der Waals surface area contributed by atoms with Crippen molar-refractivity contribution in [1.82, 2.24) is 5.32 Å². The smallest absolute Gasteiger partial charge is 0.153 e. The topological polar surface area (TPSA) is 46.2 Å². The quantitative estimate of drug-likeness (QED) is 0.881. The van der Waals surface area contributed by atoms with E-state index in [0.29, 0.717) is 6.54 Å². The van der Waals surface area contributed by atoms with Gasteiger partial charge in [-0.25, -0.2) is 8.42 Å². The molecule has 5 heteroatoms.